The van der Waals surface area contributed by atoms with Crippen LogP contribution in [0.15, 0.2) is 12.2 Å². The van der Waals surface area contributed by atoms with E-state index in [0.29, 0.717) is 12.8 Å². The molecule has 0 heterocycles. The molecule has 0 aromatic heterocycles. The Morgan fingerprint density at radius 3 is 2.56 bits per heavy atom. The summed E-state index contributed by atoms with van der Waals surface area (Å²) in [5.74, 6) is 0. The number of primary amides is 1. The highest BCUT2D eigenvalue weighted by molar-refractivity contribution is 5.67. The minimum absolute atomic E-state index is 0.284. The first-order valence-electron chi connectivity index (χ1n) is 5.72. The van der Waals surface area contributed by atoms with Gasteiger partial charge in [-0.25, -0.2) is 9.59 Å². The van der Waals surface area contributed by atoms with Gasteiger partial charge < -0.3 is 25.6 Å². The molecule has 0 aliphatic heterocycles. The summed E-state index contributed by atoms with van der Waals surface area (Å²) in [5, 5.41) is 12.0. The Labute approximate surface area is 105 Å². The number of aliphatic hydroxyl groups is 1. The molecule has 1 rings (SSSR count). The maximum atomic E-state index is 11.1. The van der Waals surface area contributed by atoms with E-state index in [2.05, 4.69) is 5.32 Å². The van der Waals surface area contributed by atoms with Gasteiger partial charge in [-0.15, -0.1) is 0 Å². The second-order valence-corrected chi connectivity index (χ2v) is 4.02. The third kappa shape index (κ3) is 5.05. The van der Waals surface area contributed by atoms with Crippen LogP contribution < -0.4 is 11.1 Å². The Morgan fingerprint density at radius 2 is 1.94 bits per heavy atom. The molecular formula is C11H18N2O5. The third-order valence-corrected chi connectivity index (χ3v) is 2.56. The summed E-state index contributed by atoms with van der Waals surface area (Å²) in [6, 6.07) is 0. The van der Waals surface area contributed by atoms with Crippen molar-refractivity contribution in [2.24, 2.45) is 5.73 Å². The summed E-state index contributed by atoms with van der Waals surface area (Å²) in [7, 11) is 1.46. The van der Waals surface area contributed by atoms with Gasteiger partial charge in [0.1, 0.15) is 12.2 Å². The zero-order chi connectivity index (χ0) is 13.5. The van der Waals surface area contributed by atoms with Gasteiger partial charge in [0, 0.05) is 13.5 Å². The molecular weight excluding hydrogens is 240 g/mol. The normalized spacial score (nSPS) is 27.8. The first-order valence-corrected chi connectivity index (χ1v) is 5.72. The summed E-state index contributed by atoms with van der Waals surface area (Å²) >= 11 is 0. The van der Waals surface area contributed by atoms with Crippen LogP contribution in [0.3, 0.4) is 0 Å². The molecule has 3 unspecified atom stereocenters. The average Bonchev–Trinajstić information content (AvgIpc) is 2.29. The maximum absolute atomic E-state index is 11.1. The van der Waals surface area contributed by atoms with Crippen molar-refractivity contribution >= 4 is 12.2 Å². The Kier molecular flexibility index (Phi) is 5.44. The topological polar surface area (TPSA) is 111 Å². The highest BCUT2D eigenvalue weighted by atomic mass is 16.6. The molecule has 0 bridgehead atoms. The Bertz CT molecular complexity index is 331. The quantitative estimate of drug-likeness (QED) is 0.616. The smallest absolute Gasteiger partial charge is 0.407 e. The van der Waals surface area contributed by atoms with E-state index in [1.807, 2.05) is 0 Å². The van der Waals surface area contributed by atoms with Gasteiger partial charge in [0.15, 0.2) is 0 Å². The van der Waals surface area contributed by atoms with Crippen LogP contribution >= 0.6 is 0 Å². The van der Waals surface area contributed by atoms with E-state index in [1.54, 1.807) is 12.2 Å². The molecule has 0 saturated carbocycles. The predicted molar refractivity (Wildman–Crippen MR) is 62.8 cm³/mol. The molecule has 102 valence electrons. The van der Waals surface area contributed by atoms with E-state index < -0.39 is 30.5 Å². The van der Waals surface area contributed by atoms with Crippen LogP contribution in [0.25, 0.3) is 0 Å². The summed E-state index contributed by atoms with van der Waals surface area (Å²) in [6.45, 7) is 0. The lowest BCUT2D eigenvalue weighted by molar-refractivity contribution is 0.0574. The zero-order valence-electron chi connectivity index (χ0n) is 10.2. The number of hydrogen-bond acceptors (Lipinski definition) is 5. The van der Waals surface area contributed by atoms with Crippen LogP contribution in [0.4, 0.5) is 9.59 Å². The molecule has 3 atom stereocenters. The van der Waals surface area contributed by atoms with Crippen molar-refractivity contribution in [3.8, 4) is 0 Å². The van der Waals surface area contributed by atoms with E-state index >= 15 is 0 Å². The molecule has 7 heteroatoms. The lowest BCUT2D eigenvalue weighted by atomic mass is 10.00. The molecule has 1 aliphatic carbocycles. The number of carbonyl (C=O) groups excluding carboxylic acids is 2. The van der Waals surface area contributed by atoms with Crippen LogP contribution in [-0.4, -0.2) is 42.7 Å². The van der Waals surface area contributed by atoms with Crippen LogP contribution in [0.5, 0.6) is 0 Å². The largest absolute Gasteiger partial charge is 0.442 e. The van der Waals surface area contributed by atoms with E-state index in [4.69, 9.17) is 15.2 Å². The standard InChI is InChI=1S/C11H18N2O5/c1-13-11(16)18-8-3-2-7(14)6-9(5-4-8)17-10(12)15/h4-5,7-9,14H,2-3,6H2,1H3,(H2,12,15)(H,13,16). The van der Waals surface area contributed by atoms with E-state index in [1.165, 1.54) is 7.05 Å². The number of alkyl carbamates (subject to hydrolysis) is 1. The molecule has 7 nitrogen and oxygen atoms in total. The van der Waals surface area contributed by atoms with Crippen LogP contribution in [-0.2, 0) is 9.47 Å². The fraction of sp³-hybridized carbons (Fsp3) is 0.636. The van der Waals surface area contributed by atoms with Gasteiger partial charge in [0.2, 0.25) is 0 Å². The lowest BCUT2D eigenvalue weighted by Crippen LogP contribution is -2.30. The number of carbonyl (C=O) groups is 2. The van der Waals surface area contributed by atoms with Crippen molar-refractivity contribution in [2.75, 3.05) is 7.05 Å². The van der Waals surface area contributed by atoms with E-state index in [0.717, 1.165) is 0 Å². The van der Waals surface area contributed by atoms with Crippen molar-refractivity contribution in [1.29, 1.82) is 0 Å². The van der Waals surface area contributed by atoms with Gasteiger partial charge in [0.05, 0.1) is 6.10 Å². The maximum Gasteiger partial charge on any atom is 0.407 e. The molecule has 0 aromatic carbocycles. The number of aliphatic hydroxyl groups excluding tert-OH is 1. The van der Waals surface area contributed by atoms with Crippen molar-refractivity contribution < 1.29 is 24.2 Å². The number of amides is 2. The summed E-state index contributed by atoms with van der Waals surface area (Å²) in [6.07, 6.45) is 1.30. The molecule has 4 N–H and O–H groups in total. The number of hydrogen-bond donors (Lipinski definition) is 3. The predicted octanol–water partition coefficient (Wildman–Crippen LogP) is 0.276. The first-order chi connectivity index (χ1) is 8.51. The minimum Gasteiger partial charge on any atom is -0.442 e. The second kappa shape index (κ2) is 6.85. The molecule has 1 aliphatic rings. The lowest BCUT2D eigenvalue weighted by Gasteiger charge is -2.22. The van der Waals surface area contributed by atoms with Crippen molar-refractivity contribution in [1.82, 2.24) is 5.32 Å². The molecule has 0 aromatic rings. The monoisotopic (exact) mass is 258 g/mol. The van der Waals surface area contributed by atoms with Gasteiger partial charge in [-0.2, -0.15) is 0 Å². The molecule has 0 fully saturated rings. The first kappa shape index (κ1) is 14.3. The molecule has 18 heavy (non-hydrogen) atoms. The molecule has 0 spiro atoms. The van der Waals surface area contributed by atoms with Gasteiger partial charge >= 0.3 is 12.2 Å². The molecule has 2 amide bonds. The van der Waals surface area contributed by atoms with Crippen LogP contribution in [0.2, 0.25) is 0 Å². The number of nitrogens with one attached hydrogen (secondary N) is 1. The van der Waals surface area contributed by atoms with Crippen LogP contribution in [0, 0.1) is 0 Å². The van der Waals surface area contributed by atoms with Crippen molar-refractivity contribution in [3.63, 3.8) is 0 Å². The highest BCUT2D eigenvalue weighted by Gasteiger charge is 2.21. The van der Waals surface area contributed by atoms with Gasteiger partial charge in [-0.05, 0) is 25.0 Å². The van der Waals surface area contributed by atoms with E-state index in [9.17, 15) is 14.7 Å². The van der Waals surface area contributed by atoms with Crippen molar-refractivity contribution in [2.45, 2.75) is 37.6 Å². The second-order valence-electron chi connectivity index (χ2n) is 4.02. The average molecular weight is 258 g/mol. The van der Waals surface area contributed by atoms with E-state index in [-0.39, 0.29) is 6.42 Å². The van der Waals surface area contributed by atoms with Gasteiger partial charge in [-0.3, -0.25) is 0 Å². The highest BCUT2D eigenvalue weighted by Crippen LogP contribution is 2.17. The summed E-state index contributed by atoms with van der Waals surface area (Å²) in [4.78, 5) is 21.8. The summed E-state index contributed by atoms with van der Waals surface area (Å²) in [5.41, 5.74) is 4.92. The Balaban J connectivity index is 2.64. The minimum atomic E-state index is -0.902. The summed E-state index contributed by atoms with van der Waals surface area (Å²) < 4.78 is 9.87. The number of nitrogens with two attached hydrogens (primary N) is 1. The fourth-order valence-corrected chi connectivity index (χ4v) is 1.70. The van der Waals surface area contributed by atoms with Gasteiger partial charge in [-0.1, -0.05) is 0 Å². The fourth-order valence-electron chi connectivity index (χ4n) is 1.70. The number of rotatable bonds is 2. The Morgan fingerprint density at radius 1 is 1.28 bits per heavy atom. The number of ether oxygens (including phenoxy) is 2. The van der Waals surface area contributed by atoms with Crippen molar-refractivity contribution in [3.05, 3.63) is 12.2 Å². The Hall–Kier alpha value is -1.76. The zero-order valence-corrected chi connectivity index (χ0v) is 10.2. The van der Waals surface area contributed by atoms with Gasteiger partial charge in [0.25, 0.3) is 0 Å². The van der Waals surface area contributed by atoms with Crippen LogP contribution in [0.1, 0.15) is 19.3 Å². The molecule has 0 saturated heterocycles. The SMILES string of the molecule is CNC(=O)OC1C=CC(OC(N)=O)CC(O)CC1. The third-order valence-electron chi connectivity index (χ3n) is 2.56. The molecule has 0 radical (unpaired) electrons.